The second-order valence-electron chi connectivity index (χ2n) is 6.22. The van der Waals surface area contributed by atoms with Crippen LogP contribution >= 0.6 is 23.2 Å². The standard InChI is InChI=1S/C20H17Cl2NO4/c21-18(24)10-9-17(19(22)25)23-20(26)27-11-16-14-7-3-1-5-12(14)13-6-2-4-8-15(13)16/h1-8,16-17H,9-11H2,(H,23,26). The number of rotatable bonds is 7. The summed E-state index contributed by atoms with van der Waals surface area (Å²) in [6, 6.07) is 14.9. The summed E-state index contributed by atoms with van der Waals surface area (Å²) in [5, 5.41) is 1.01. The Kier molecular flexibility index (Phi) is 6.14. The van der Waals surface area contributed by atoms with E-state index in [9.17, 15) is 14.4 Å². The first-order valence-electron chi connectivity index (χ1n) is 8.46. The van der Waals surface area contributed by atoms with Gasteiger partial charge in [0.2, 0.25) is 10.5 Å². The van der Waals surface area contributed by atoms with E-state index in [1.54, 1.807) is 0 Å². The van der Waals surface area contributed by atoms with Crippen molar-refractivity contribution in [3.63, 3.8) is 0 Å². The molecule has 1 atom stereocenters. The second kappa shape index (κ2) is 8.55. The van der Waals surface area contributed by atoms with Crippen molar-refractivity contribution in [3.8, 4) is 11.1 Å². The molecule has 0 saturated heterocycles. The quantitative estimate of drug-likeness (QED) is 0.700. The minimum absolute atomic E-state index is 0.0227. The summed E-state index contributed by atoms with van der Waals surface area (Å²) in [5.74, 6) is -0.0854. The predicted octanol–water partition coefficient (Wildman–Crippen LogP) is 4.20. The minimum atomic E-state index is -1.02. The molecule has 1 N–H and O–H groups in total. The van der Waals surface area contributed by atoms with Gasteiger partial charge in [-0.05, 0) is 51.9 Å². The van der Waals surface area contributed by atoms with E-state index in [4.69, 9.17) is 27.9 Å². The van der Waals surface area contributed by atoms with E-state index >= 15 is 0 Å². The molecule has 0 fully saturated rings. The van der Waals surface area contributed by atoms with Crippen molar-refractivity contribution >= 4 is 39.8 Å². The molecule has 0 aromatic heterocycles. The molecule has 0 spiro atoms. The normalized spacial score (nSPS) is 13.4. The molecule has 1 aliphatic carbocycles. The van der Waals surface area contributed by atoms with Crippen LogP contribution in [0, 0.1) is 0 Å². The number of hydrogen-bond acceptors (Lipinski definition) is 4. The van der Waals surface area contributed by atoms with Crippen LogP contribution in [0.15, 0.2) is 48.5 Å². The predicted molar refractivity (Wildman–Crippen MR) is 103 cm³/mol. The van der Waals surface area contributed by atoms with Crippen LogP contribution in [0.3, 0.4) is 0 Å². The Hall–Kier alpha value is -2.37. The Labute approximate surface area is 166 Å². The number of ether oxygens (including phenoxy) is 1. The van der Waals surface area contributed by atoms with E-state index in [2.05, 4.69) is 5.32 Å². The smallest absolute Gasteiger partial charge is 0.407 e. The average Bonchev–Trinajstić information content (AvgIpc) is 2.97. The number of carbonyl (C=O) groups excluding carboxylic acids is 3. The van der Waals surface area contributed by atoms with Gasteiger partial charge in [-0.3, -0.25) is 9.59 Å². The second-order valence-corrected chi connectivity index (χ2v) is 7.01. The van der Waals surface area contributed by atoms with Crippen LogP contribution in [0.4, 0.5) is 4.79 Å². The molecule has 0 radical (unpaired) electrons. The molecule has 1 unspecified atom stereocenters. The summed E-state index contributed by atoms with van der Waals surface area (Å²) in [6.45, 7) is 0.123. The molecule has 2 aromatic rings. The van der Waals surface area contributed by atoms with Crippen LogP contribution in [-0.2, 0) is 14.3 Å². The molecular weight excluding hydrogens is 389 g/mol. The lowest BCUT2D eigenvalue weighted by Gasteiger charge is -2.17. The zero-order valence-corrected chi connectivity index (χ0v) is 15.8. The van der Waals surface area contributed by atoms with Gasteiger partial charge in [0.05, 0.1) is 0 Å². The summed E-state index contributed by atoms with van der Waals surface area (Å²) in [7, 11) is 0. The summed E-state index contributed by atoms with van der Waals surface area (Å²) in [6.07, 6.45) is -0.818. The number of benzene rings is 2. The maximum Gasteiger partial charge on any atom is 0.407 e. The highest BCUT2D eigenvalue weighted by Crippen LogP contribution is 2.44. The molecule has 2 aromatic carbocycles. The van der Waals surface area contributed by atoms with Gasteiger partial charge in [-0.15, -0.1) is 0 Å². The Balaban J connectivity index is 1.67. The third-order valence-electron chi connectivity index (χ3n) is 4.54. The topological polar surface area (TPSA) is 72.5 Å². The number of fused-ring (bicyclic) bond motifs is 3. The van der Waals surface area contributed by atoms with E-state index < -0.39 is 22.6 Å². The van der Waals surface area contributed by atoms with Gasteiger partial charge in [-0.1, -0.05) is 48.5 Å². The third-order valence-corrected chi connectivity index (χ3v) is 4.99. The zero-order chi connectivity index (χ0) is 19.4. The SMILES string of the molecule is O=C(Cl)CCC(NC(=O)OCC1c2ccccc2-c2ccccc21)C(=O)Cl. The zero-order valence-electron chi connectivity index (χ0n) is 14.3. The van der Waals surface area contributed by atoms with Crippen LogP contribution in [0.1, 0.15) is 29.9 Å². The van der Waals surface area contributed by atoms with Crippen LogP contribution in [0.25, 0.3) is 11.1 Å². The summed E-state index contributed by atoms with van der Waals surface area (Å²) in [4.78, 5) is 34.4. The fraction of sp³-hybridized carbons (Fsp3) is 0.250. The molecule has 0 aliphatic heterocycles. The molecule has 0 saturated carbocycles. The largest absolute Gasteiger partial charge is 0.449 e. The molecule has 0 heterocycles. The lowest BCUT2D eigenvalue weighted by molar-refractivity contribution is -0.114. The molecule has 1 aliphatic rings. The van der Waals surface area contributed by atoms with Crippen molar-refractivity contribution in [2.45, 2.75) is 24.8 Å². The number of hydrogen-bond donors (Lipinski definition) is 1. The Bertz CT molecular complexity index is 838. The Morgan fingerprint density at radius 3 is 2.04 bits per heavy atom. The maximum atomic E-state index is 12.1. The first-order valence-corrected chi connectivity index (χ1v) is 9.22. The number of halogens is 2. The number of alkyl carbamates (subject to hydrolysis) is 1. The highest BCUT2D eigenvalue weighted by molar-refractivity contribution is 6.65. The van der Waals surface area contributed by atoms with E-state index in [1.165, 1.54) is 0 Å². The van der Waals surface area contributed by atoms with Gasteiger partial charge in [0, 0.05) is 12.3 Å². The summed E-state index contributed by atoms with van der Waals surface area (Å²) < 4.78 is 5.35. The van der Waals surface area contributed by atoms with Crippen molar-refractivity contribution in [3.05, 3.63) is 59.7 Å². The highest BCUT2D eigenvalue weighted by Gasteiger charge is 2.29. The average molecular weight is 406 g/mol. The van der Waals surface area contributed by atoms with Crippen molar-refractivity contribution in [1.29, 1.82) is 0 Å². The number of carbonyl (C=O) groups is 3. The Morgan fingerprint density at radius 2 is 1.52 bits per heavy atom. The first kappa shape index (κ1) is 19.4. The summed E-state index contributed by atoms with van der Waals surface area (Å²) >= 11 is 10.7. The molecule has 5 nitrogen and oxygen atoms in total. The molecule has 3 rings (SSSR count). The van der Waals surface area contributed by atoms with Crippen LogP contribution in [0.2, 0.25) is 0 Å². The van der Waals surface area contributed by atoms with Gasteiger partial charge in [0.1, 0.15) is 12.6 Å². The molecule has 1 amide bonds. The van der Waals surface area contributed by atoms with E-state index in [0.717, 1.165) is 22.3 Å². The Morgan fingerprint density at radius 1 is 0.963 bits per heavy atom. The third kappa shape index (κ3) is 4.49. The lowest BCUT2D eigenvalue weighted by atomic mass is 9.98. The fourth-order valence-corrected chi connectivity index (χ4v) is 3.56. The highest BCUT2D eigenvalue weighted by atomic mass is 35.5. The molecule has 0 bridgehead atoms. The van der Waals surface area contributed by atoms with Crippen LogP contribution in [0.5, 0.6) is 0 Å². The lowest BCUT2D eigenvalue weighted by Crippen LogP contribution is -2.40. The molecule has 140 valence electrons. The molecule has 7 heteroatoms. The van der Waals surface area contributed by atoms with Gasteiger partial charge in [0.15, 0.2) is 0 Å². The van der Waals surface area contributed by atoms with Crippen molar-refractivity contribution in [2.75, 3.05) is 6.61 Å². The van der Waals surface area contributed by atoms with Gasteiger partial charge >= 0.3 is 6.09 Å². The number of nitrogens with one attached hydrogen (secondary N) is 1. The monoisotopic (exact) mass is 405 g/mol. The minimum Gasteiger partial charge on any atom is -0.449 e. The van der Waals surface area contributed by atoms with Crippen molar-refractivity contribution in [2.24, 2.45) is 0 Å². The van der Waals surface area contributed by atoms with Gasteiger partial charge in [-0.25, -0.2) is 4.79 Å². The maximum absolute atomic E-state index is 12.1. The van der Waals surface area contributed by atoms with Gasteiger partial charge in [0.25, 0.3) is 0 Å². The van der Waals surface area contributed by atoms with E-state index in [-0.39, 0.29) is 25.4 Å². The van der Waals surface area contributed by atoms with Crippen LogP contribution in [-0.4, -0.2) is 29.2 Å². The van der Waals surface area contributed by atoms with E-state index in [1.807, 2.05) is 48.5 Å². The first-order chi connectivity index (χ1) is 13.0. The molecule has 27 heavy (non-hydrogen) atoms. The van der Waals surface area contributed by atoms with Crippen molar-refractivity contribution < 1.29 is 19.1 Å². The van der Waals surface area contributed by atoms with Gasteiger partial charge < -0.3 is 10.1 Å². The van der Waals surface area contributed by atoms with Gasteiger partial charge in [-0.2, -0.15) is 0 Å². The fourth-order valence-electron chi connectivity index (χ4n) is 3.28. The molecular formula is C20H17Cl2NO4. The summed E-state index contributed by atoms with van der Waals surface area (Å²) in [5.41, 5.74) is 4.42. The van der Waals surface area contributed by atoms with E-state index in [0.29, 0.717) is 0 Å². The van der Waals surface area contributed by atoms with Crippen molar-refractivity contribution in [1.82, 2.24) is 5.32 Å². The van der Waals surface area contributed by atoms with Crippen LogP contribution < -0.4 is 5.32 Å². The number of amides is 1.